The molecule has 19 heavy (non-hydrogen) atoms. The maximum atomic E-state index is 12.0. The number of aromatic nitrogens is 3. The minimum atomic E-state index is -0.169. The van der Waals surface area contributed by atoms with E-state index in [-0.39, 0.29) is 5.56 Å². The monoisotopic (exact) mass is 258 g/mol. The van der Waals surface area contributed by atoms with Crippen molar-refractivity contribution in [2.24, 2.45) is 0 Å². The first-order valence-corrected chi connectivity index (χ1v) is 6.50. The molecule has 0 amide bonds. The summed E-state index contributed by atoms with van der Waals surface area (Å²) in [4.78, 5) is 23.4. The summed E-state index contributed by atoms with van der Waals surface area (Å²) in [5.74, 6) is 0.744. The summed E-state index contributed by atoms with van der Waals surface area (Å²) < 4.78 is 0. The number of nitrogens with two attached hydrogens (primary N) is 1. The molecule has 0 saturated carbocycles. The van der Waals surface area contributed by atoms with Gasteiger partial charge in [-0.1, -0.05) is 26.3 Å². The molecule has 3 N–H and O–H groups in total. The van der Waals surface area contributed by atoms with E-state index in [4.69, 9.17) is 5.73 Å². The van der Waals surface area contributed by atoms with Crippen molar-refractivity contribution in [1.29, 1.82) is 0 Å². The van der Waals surface area contributed by atoms with Crippen LogP contribution >= 0.6 is 0 Å². The Labute approximate surface area is 111 Å². The molecule has 5 heteroatoms. The Balaban J connectivity index is 2.55. The second-order valence-corrected chi connectivity index (χ2v) is 4.39. The minimum Gasteiger partial charge on any atom is -0.383 e. The fraction of sp³-hybridized carbons (Fsp3) is 0.357. The van der Waals surface area contributed by atoms with E-state index in [2.05, 4.69) is 15.0 Å². The van der Waals surface area contributed by atoms with Gasteiger partial charge in [-0.3, -0.25) is 9.78 Å². The quantitative estimate of drug-likeness (QED) is 0.877. The lowest BCUT2D eigenvalue weighted by atomic mass is 10.1. The lowest BCUT2D eigenvalue weighted by molar-refractivity contribution is 0.890. The number of H-pyrrole nitrogens is 1. The van der Waals surface area contributed by atoms with E-state index in [9.17, 15) is 4.79 Å². The van der Waals surface area contributed by atoms with Crippen LogP contribution in [0.5, 0.6) is 0 Å². The molecule has 0 fully saturated rings. The molecule has 0 bridgehead atoms. The molecule has 0 aliphatic heterocycles. The minimum absolute atomic E-state index is 0.169. The van der Waals surface area contributed by atoms with Gasteiger partial charge in [0.1, 0.15) is 11.5 Å². The third-order valence-corrected chi connectivity index (χ3v) is 3.04. The van der Waals surface area contributed by atoms with Crippen LogP contribution in [0.2, 0.25) is 0 Å². The van der Waals surface area contributed by atoms with Crippen LogP contribution in [0.1, 0.15) is 31.4 Å². The van der Waals surface area contributed by atoms with Gasteiger partial charge >= 0.3 is 0 Å². The Morgan fingerprint density at radius 2 is 2.16 bits per heavy atom. The van der Waals surface area contributed by atoms with Gasteiger partial charge in [0, 0.05) is 6.20 Å². The molecule has 5 nitrogen and oxygen atoms in total. The average Bonchev–Trinajstić information content (AvgIpc) is 2.42. The Hall–Kier alpha value is -2.17. The van der Waals surface area contributed by atoms with Gasteiger partial charge in [-0.25, -0.2) is 4.98 Å². The number of anilines is 1. The molecule has 0 spiro atoms. The zero-order valence-corrected chi connectivity index (χ0v) is 11.2. The predicted molar refractivity (Wildman–Crippen MR) is 75.9 cm³/mol. The molecule has 2 aromatic rings. The van der Waals surface area contributed by atoms with Gasteiger partial charge in [-0.05, 0) is 24.5 Å². The highest BCUT2D eigenvalue weighted by molar-refractivity contribution is 5.57. The van der Waals surface area contributed by atoms with Gasteiger partial charge in [-0.2, -0.15) is 0 Å². The lowest BCUT2D eigenvalue weighted by Crippen LogP contribution is -2.18. The van der Waals surface area contributed by atoms with E-state index in [1.54, 1.807) is 6.20 Å². The number of nitrogen functional groups attached to an aromatic ring is 1. The molecule has 0 unspecified atom stereocenters. The average molecular weight is 258 g/mol. The van der Waals surface area contributed by atoms with Crippen LogP contribution in [0.3, 0.4) is 0 Å². The van der Waals surface area contributed by atoms with Crippen LogP contribution in [-0.2, 0) is 12.8 Å². The molecular weight excluding hydrogens is 240 g/mol. The molecule has 0 aliphatic rings. The molecular formula is C14H18N4O. The number of rotatable bonds is 4. The number of hydrogen-bond donors (Lipinski definition) is 2. The fourth-order valence-corrected chi connectivity index (χ4v) is 2.06. The van der Waals surface area contributed by atoms with Crippen LogP contribution in [0.15, 0.2) is 23.1 Å². The third-order valence-electron chi connectivity index (χ3n) is 3.04. The normalized spacial score (nSPS) is 10.6. The zero-order valence-electron chi connectivity index (χ0n) is 11.2. The summed E-state index contributed by atoms with van der Waals surface area (Å²) >= 11 is 0. The number of nitrogens with zero attached hydrogens (tertiary/aromatic N) is 2. The molecule has 0 saturated heterocycles. The summed E-state index contributed by atoms with van der Waals surface area (Å²) in [6.45, 7) is 4.04. The number of hydrogen-bond acceptors (Lipinski definition) is 4. The number of nitrogens with one attached hydrogen (secondary N) is 1. The molecule has 2 heterocycles. The summed E-state index contributed by atoms with van der Waals surface area (Å²) in [6.07, 6.45) is 4.00. The standard InChI is InChI=1S/C14H18N4O/c1-3-6-10-12(15)17-13(18-14(10)19)11-9(4-2)7-5-8-16-11/h5,7-8H,3-4,6H2,1-2H3,(H3,15,17,18,19). The second kappa shape index (κ2) is 5.65. The third kappa shape index (κ3) is 2.65. The predicted octanol–water partition coefficient (Wildman–Crippen LogP) is 1.93. The molecule has 0 aromatic carbocycles. The number of aryl methyl sites for hydroxylation is 1. The molecule has 0 atom stereocenters. The van der Waals surface area contributed by atoms with Crippen molar-refractivity contribution in [1.82, 2.24) is 15.0 Å². The maximum Gasteiger partial charge on any atom is 0.256 e. The molecule has 2 rings (SSSR count). The lowest BCUT2D eigenvalue weighted by Gasteiger charge is -2.08. The Kier molecular flexibility index (Phi) is 3.94. The first kappa shape index (κ1) is 13.3. The summed E-state index contributed by atoms with van der Waals surface area (Å²) in [5.41, 5.74) is 7.99. The van der Waals surface area contributed by atoms with Gasteiger partial charge in [0.15, 0.2) is 5.82 Å². The maximum absolute atomic E-state index is 12.0. The van der Waals surface area contributed by atoms with Crippen molar-refractivity contribution in [2.75, 3.05) is 5.73 Å². The SMILES string of the molecule is CCCc1c(N)nc(-c2ncccc2CC)[nH]c1=O. The molecule has 100 valence electrons. The van der Waals surface area contributed by atoms with E-state index >= 15 is 0 Å². The largest absolute Gasteiger partial charge is 0.383 e. The van der Waals surface area contributed by atoms with E-state index in [0.29, 0.717) is 29.3 Å². The molecule has 0 aliphatic carbocycles. The Morgan fingerprint density at radius 1 is 1.37 bits per heavy atom. The van der Waals surface area contributed by atoms with Gasteiger partial charge in [0.05, 0.1) is 5.56 Å². The van der Waals surface area contributed by atoms with Crippen molar-refractivity contribution in [2.45, 2.75) is 33.1 Å². The van der Waals surface area contributed by atoms with Crippen molar-refractivity contribution in [3.8, 4) is 11.5 Å². The van der Waals surface area contributed by atoms with Gasteiger partial charge < -0.3 is 10.7 Å². The zero-order chi connectivity index (χ0) is 13.8. The van der Waals surface area contributed by atoms with Crippen molar-refractivity contribution in [3.05, 3.63) is 39.8 Å². The van der Waals surface area contributed by atoms with Crippen molar-refractivity contribution >= 4 is 5.82 Å². The van der Waals surface area contributed by atoms with Crippen molar-refractivity contribution < 1.29 is 0 Å². The van der Waals surface area contributed by atoms with Crippen molar-refractivity contribution in [3.63, 3.8) is 0 Å². The van der Waals surface area contributed by atoms with Crippen LogP contribution in [-0.4, -0.2) is 15.0 Å². The summed E-state index contributed by atoms with van der Waals surface area (Å²) in [7, 11) is 0. The first-order valence-electron chi connectivity index (χ1n) is 6.50. The summed E-state index contributed by atoms with van der Waals surface area (Å²) in [5, 5.41) is 0. The van der Waals surface area contributed by atoms with E-state index < -0.39 is 0 Å². The number of pyridine rings is 1. The summed E-state index contributed by atoms with van der Waals surface area (Å²) in [6, 6.07) is 3.84. The highest BCUT2D eigenvalue weighted by atomic mass is 16.1. The van der Waals surface area contributed by atoms with Crippen LogP contribution < -0.4 is 11.3 Å². The smallest absolute Gasteiger partial charge is 0.256 e. The first-order chi connectivity index (χ1) is 9.17. The highest BCUT2D eigenvalue weighted by Crippen LogP contribution is 2.18. The van der Waals surface area contributed by atoms with E-state index in [0.717, 1.165) is 18.4 Å². The highest BCUT2D eigenvalue weighted by Gasteiger charge is 2.12. The van der Waals surface area contributed by atoms with E-state index in [1.807, 2.05) is 26.0 Å². The van der Waals surface area contributed by atoms with Crippen LogP contribution in [0, 0.1) is 0 Å². The van der Waals surface area contributed by atoms with Crippen LogP contribution in [0.4, 0.5) is 5.82 Å². The van der Waals surface area contributed by atoms with Gasteiger partial charge in [0.2, 0.25) is 0 Å². The number of aromatic amines is 1. The van der Waals surface area contributed by atoms with Gasteiger partial charge in [-0.15, -0.1) is 0 Å². The molecule has 0 radical (unpaired) electrons. The Morgan fingerprint density at radius 3 is 2.79 bits per heavy atom. The van der Waals surface area contributed by atoms with E-state index in [1.165, 1.54) is 0 Å². The molecule has 2 aromatic heterocycles. The second-order valence-electron chi connectivity index (χ2n) is 4.39. The fourth-order valence-electron chi connectivity index (χ4n) is 2.06. The van der Waals surface area contributed by atoms with Crippen LogP contribution in [0.25, 0.3) is 11.5 Å². The Bertz CT molecular complexity index is 634. The van der Waals surface area contributed by atoms with Gasteiger partial charge in [0.25, 0.3) is 5.56 Å². The topological polar surface area (TPSA) is 84.7 Å².